The second-order valence-corrected chi connectivity index (χ2v) is 6.51. The number of nitrogens with one attached hydrogen (secondary N) is 1. The van der Waals surface area contributed by atoms with Crippen molar-refractivity contribution in [1.82, 2.24) is 15.3 Å². The average molecular weight is 340 g/mol. The van der Waals surface area contributed by atoms with Gasteiger partial charge in [-0.1, -0.05) is 60.1 Å². The SMILES string of the molecule is O=C1C2CC(c3ccccc3)NN2C=CN1Cc1ccccc1Cl. The fourth-order valence-corrected chi connectivity index (χ4v) is 3.48. The predicted octanol–water partition coefficient (Wildman–Crippen LogP) is 3.47. The van der Waals surface area contributed by atoms with Crippen LogP contribution in [0.15, 0.2) is 67.0 Å². The molecule has 1 amide bonds. The van der Waals surface area contributed by atoms with E-state index in [0.29, 0.717) is 11.6 Å². The Kier molecular flexibility index (Phi) is 4.00. The molecule has 1 N–H and O–H groups in total. The first-order valence-electron chi connectivity index (χ1n) is 8.04. The Hall–Kier alpha value is -2.30. The van der Waals surface area contributed by atoms with Crippen LogP contribution in [-0.4, -0.2) is 21.9 Å². The lowest BCUT2D eigenvalue weighted by Crippen LogP contribution is -2.47. The predicted molar refractivity (Wildman–Crippen MR) is 93.7 cm³/mol. The molecule has 5 heteroatoms. The largest absolute Gasteiger partial charge is 0.311 e. The van der Waals surface area contributed by atoms with E-state index >= 15 is 0 Å². The summed E-state index contributed by atoms with van der Waals surface area (Å²) in [4.78, 5) is 14.6. The highest BCUT2D eigenvalue weighted by Crippen LogP contribution is 2.31. The van der Waals surface area contributed by atoms with E-state index in [1.54, 1.807) is 4.90 Å². The van der Waals surface area contributed by atoms with Gasteiger partial charge in [-0.05, 0) is 23.6 Å². The molecule has 24 heavy (non-hydrogen) atoms. The van der Waals surface area contributed by atoms with Gasteiger partial charge in [-0.15, -0.1) is 0 Å². The number of rotatable bonds is 3. The molecule has 2 aromatic carbocycles. The normalized spacial score (nSPS) is 22.8. The van der Waals surface area contributed by atoms with E-state index in [4.69, 9.17) is 11.6 Å². The van der Waals surface area contributed by atoms with Gasteiger partial charge in [0, 0.05) is 17.4 Å². The maximum Gasteiger partial charge on any atom is 0.251 e. The summed E-state index contributed by atoms with van der Waals surface area (Å²) < 4.78 is 0. The van der Waals surface area contributed by atoms with Crippen molar-refractivity contribution in [2.45, 2.75) is 25.0 Å². The van der Waals surface area contributed by atoms with Crippen molar-refractivity contribution in [3.63, 3.8) is 0 Å². The van der Waals surface area contributed by atoms with Crippen LogP contribution in [0.5, 0.6) is 0 Å². The van der Waals surface area contributed by atoms with Gasteiger partial charge in [-0.2, -0.15) is 0 Å². The molecule has 0 aliphatic carbocycles. The fraction of sp³-hybridized carbons (Fsp3) is 0.211. The first-order chi connectivity index (χ1) is 11.7. The van der Waals surface area contributed by atoms with Crippen LogP contribution in [0, 0.1) is 0 Å². The van der Waals surface area contributed by atoms with Crippen molar-refractivity contribution in [3.8, 4) is 0 Å². The molecule has 0 saturated carbocycles. The smallest absolute Gasteiger partial charge is 0.251 e. The van der Waals surface area contributed by atoms with Gasteiger partial charge in [0.15, 0.2) is 0 Å². The third-order valence-corrected chi connectivity index (χ3v) is 4.94. The van der Waals surface area contributed by atoms with Crippen molar-refractivity contribution in [2.24, 2.45) is 0 Å². The van der Waals surface area contributed by atoms with E-state index in [1.165, 1.54) is 5.56 Å². The monoisotopic (exact) mass is 339 g/mol. The molecule has 0 bridgehead atoms. The van der Waals surface area contributed by atoms with Crippen LogP contribution in [0.1, 0.15) is 23.6 Å². The topological polar surface area (TPSA) is 35.6 Å². The molecule has 2 aliphatic heterocycles. The zero-order valence-corrected chi connectivity index (χ0v) is 13.9. The Morgan fingerprint density at radius 3 is 2.58 bits per heavy atom. The summed E-state index contributed by atoms with van der Waals surface area (Å²) in [6.07, 6.45) is 4.51. The number of fused-ring (bicyclic) bond motifs is 1. The molecular formula is C19H18ClN3O. The van der Waals surface area contributed by atoms with Crippen molar-refractivity contribution < 1.29 is 4.79 Å². The van der Waals surface area contributed by atoms with E-state index in [0.717, 1.165) is 12.0 Å². The number of hydrazine groups is 1. The molecular weight excluding hydrogens is 322 g/mol. The number of carbonyl (C=O) groups excluding carboxylic acids is 1. The Labute approximate surface area is 146 Å². The van der Waals surface area contributed by atoms with E-state index in [1.807, 2.05) is 59.9 Å². The van der Waals surface area contributed by atoms with Crippen LogP contribution in [-0.2, 0) is 11.3 Å². The number of hydrogen-bond acceptors (Lipinski definition) is 3. The summed E-state index contributed by atoms with van der Waals surface area (Å²) in [7, 11) is 0. The number of amides is 1. The standard InChI is InChI=1S/C19H18ClN3O/c20-16-9-5-4-8-15(16)13-22-10-11-23-18(19(22)24)12-17(21-23)14-6-2-1-3-7-14/h1-11,17-18,21H,12-13H2. The summed E-state index contributed by atoms with van der Waals surface area (Å²) in [6, 6.07) is 17.8. The Bertz CT molecular complexity index is 777. The lowest BCUT2D eigenvalue weighted by atomic mass is 10.0. The van der Waals surface area contributed by atoms with Crippen molar-refractivity contribution in [1.29, 1.82) is 0 Å². The molecule has 0 aromatic heterocycles. The van der Waals surface area contributed by atoms with Crippen LogP contribution in [0.25, 0.3) is 0 Å². The first-order valence-corrected chi connectivity index (χ1v) is 8.42. The lowest BCUT2D eigenvalue weighted by Gasteiger charge is -2.32. The fourth-order valence-electron chi connectivity index (χ4n) is 3.28. The minimum absolute atomic E-state index is 0.100. The molecule has 0 radical (unpaired) electrons. The van der Waals surface area contributed by atoms with Crippen molar-refractivity contribution in [3.05, 3.63) is 83.1 Å². The number of hydrogen-bond donors (Lipinski definition) is 1. The minimum atomic E-state index is -0.178. The molecule has 2 heterocycles. The van der Waals surface area contributed by atoms with Crippen molar-refractivity contribution >= 4 is 17.5 Å². The number of carbonyl (C=O) groups is 1. The van der Waals surface area contributed by atoms with Gasteiger partial charge in [0.2, 0.25) is 0 Å². The van der Waals surface area contributed by atoms with Gasteiger partial charge in [0.25, 0.3) is 5.91 Å². The highest BCUT2D eigenvalue weighted by molar-refractivity contribution is 6.31. The van der Waals surface area contributed by atoms with Gasteiger partial charge >= 0.3 is 0 Å². The molecule has 0 spiro atoms. The highest BCUT2D eigenvalue weighted by atomic mass is 35.5. The average Bonchev–Trinajstić information content (AvgIpc) is 3.05. The quantitative estimate of drug-likeness (QED) is 0.930. The molecule has 2 atom stereocenters. The zero-order chi connectivity index (χ0) is 16.5. The Balaban J connectivity index is 1.51. The van der Waals surface area contributed by atoms with Crippen LogP contribution >= 0.6 is 11.6 Å². The number of halogens is 1. The van der Waals surface area contributed by atoms with E-state index in [-0.39, 0.29) is 18.0 Å². The molecule has 1 saturated heterocycles. The van der Waals surface area contributed by atoms with Gasteiger partial charge < -0.3 is 9.91 Å². The molecule has 2 aliphatic rings. The third-order valence-electron chi connectivity index (χ3n) is 4.58. The maximum absolute atomic E-state index is 12.8. The number of nitrogens with zero attached hydrogens (tertiary/aromatic N) is 2. The molecule has 2 unspecified atom stereocenters. The van der Waals surface area contributed by atoms with E-state index < -0.39 is 0 Å². The zero-order valence-electron chi connectivity index (χ0n) is 13.1. The summed E-state index contributed by atoms with van der Waals surface area (Å²) in [5.74, 6) is 0.100. The molecule has 122 valence electrons. The van der Waals surface area contributed by atoms with Crippen molar-refractivity contribution in [2.75, 3.05) is 0 Å². The Morgan fingerprint density at radius 1 is 1.04 bits per heavy atom. The molecule has 4 nitrogen and oxygen atoms in total. The summed E-state index contributed by atoms with van der Waals surface area (Å²) in [5.41, 5.74) is 5.56. The van der Waals surface area contributed by atoms with Gasteiger partial charge in [-0.25, -0.2) is 5.43 Å². The second-order valence-electron chi connectivity index (χ2n) is 6.11. The number of benzene rings is 2. The summed E-state index contributed by atoms with van der Waals surface area (Å²) in [6.45, 7) is 0.495. The maximum atomic E-state index is 12.8. The minimum Gasteiger partial charge on any atom is -0.311 e. The Morgan fingerprint density at radius 2 is 1.79 bits per heavy atom. The van der Waals surface area contributed by atoms with Gasteiger partial charge in [0.1, 0.15) is 6.04 Å². The molecule has 4 rings (SSSR count). The summed E-state index contributed by atoms with van der Waals surface area (Å²) in [5, 5.41) is 2.61. The summed E-state index contributed by atoms with van der Waals surface area (Å²) >= 11 is 6.22. The lowest BCUT2D eigenvalue weighted by molar-refractivity contribution is -0.134. The van der Waals surface area contributed by atoms with Crippen LogP contribution in [0.3, 0.4) is 0 Å². The third kappa shape index (κ3) is 2.79. The van der Waals surface area contributed by atoms with E-state index in [2.05, 4.69) is 17.6 Å². The van der Waals surface area contributed by atoms with Crippen LogP contribution in [0.4, 0.5) is 0 Å². The molecule has 2 aromatic rings. The van der Waals surface area contributed by atoms with Crippen LogP contribution in [0.2, 0.25) is 5.02 Å². The second kappa shape index (κ2) is 6.30. The molecule has 1 fully saturated rings. The first kappa shape index (κ1) is 15.2. The highest BCUT2D eigenvalue weighted by Gasteiger charge is 2.39. The van der Waals surface area contributed by atoms with Crippen LogP contribution < -0.4 is 5.43 Å². The van der Waals surface area contributed by atoms with Gasteiger partial charge in [0.05, 0.1) is 12.6 Å². The van der Waals surface area contributed by atoms with Gasteiger partial charge in [-0.3, -0.25) is 4.79 Å². The van der Waals surface area contributed by atoms with E-state index in [9.17, 15) is 4.79 Å².